The number of rotatable bonds is 4. The number of aromatic nitrogens is 4. The molecule has 10 heteroatoms. The van der Waals surface area contributed by atoms with E-state index in [0.29, 0.717) is 5.82 Å². The second kappa shape index (κ2) is 7.38. The highest BCUT2D eigenvalue weighted by Crippen LogP contribution is 2.36. The molecule has 0 amide bonds. The van der Waals surface area contributed by atoms with Crippen LogP contribution in [0.5, 0.6) is 0 Å². The molecule has 1 aliphatic rings. The number of hydrogen-bond donors (Lipinski definition) is 1. The third kappa shape index (κ3) is 3.67. The number of fused-ring (bicyclic) bond motifs is 1. The summed E-state index contributed by atoms with van der Waals surface area (Å²) in [6.45, 7) is 0.836. The smallest absolute Gasteiger partial charge is 0.340 e. The van der Waals surface area contributed by atoms with Gasteiger partial charge in [0.2, 0.25) is 0 Å². The topological polar surface area (TPSA) is 70.7 Å². The Morgan fingerprint density at radius 2 is 1.81 bits per heavy atom. The Balaban J connectivity index is 1.48. The zero-order valence-electron chi connectivity index (χ0n) is 16.1. The van der Waals surface area contributed by atoms with Crippen LogP contribution in [0.3, 0.4) is 0 Å². The molecule has 0 atom stereocenters. The van der Waals surface area contributed by atoms with Crippen molar-refractivity contribution in [3.8, 4) is 11.5 Å². The van der Waals surface area contributed by atoms with Crippen LogP contribution >= 0.6 is 0 Å². The summed E-state index contributed by atoms with van der Waals surface area (Å²) in [5.41, 5.74) is 0.654. The normalized spacial score (nSPS) is 13.8. The Labute approximate surface area is 174 Å². The number of pyridine rings is 1. The number of anilines is 3. The second-order valence-electron chi connectivity index (χ2n) is 6.88. The number of hydrogen-bond acceptors (Lipinski definition) is 6. The minimum Gasteiger partial charge on any atom is -0.340 e. The number of nitrogens with zero attached hydrogens (tertiary/aromatic N) is 6. The first-order valence-electron chi connectivity index (χ1n) is 9.54. The van der Waals surface area contributed by atoms with Crippen LogP contribution in [0.4, 0.5) is 30.4 Å². The predicted molar refractivity (Wildman–Crippen MR) is 111 cm³/mol. The van der Waals surface area contributed by atoms with Crippen molar-refractivity contribution < 1.29 is 13.2 Å². The molecule has 0 fully saturated rings. The number of alkyl halides is 3. The molecule has 31 heavy (non-hydrogen) atoms. The van der Waals surface area contributed by atoms with Gasteiger partial charge < -0.3 is 5.32 Å². The molecular formula is C21H16F3N7. The van der Waals surface area contributed by atoms with E-state index in [-0.39, 0.29) is 17.2 Å². The maximum absolute atomic E-state index is 13.6. The molecule has 1 aliphatic heterocycles. The molecule has 0 saturated heterocycles. The molecule has 4 heterocycles. The monoisotopic (exact) mass is 423 g/mol. The number of benzene rings is 1. The number of nitrogens with one attached hydrogen (secondary N) is 1. The molecular weight excluding hydrogens is 407 g/mol. The largest absolute Gasteiger partial charge is 0.435 e. The molecule has 156 valence electrons. The van der Waals surface area contributed by atoms with Crippen LogP contribution in [-0.4, -0.2) is 32.1 Å². The molecule has 0 bridgehead atoms. The molecule has 0 aliphatic carbocycles. The van der Waals surface area contributed by atoms with E-state index in [0.717, 1.165) is 24.3 Å². The van der Waals surface area contributed by atoms with Crippen LogP contribution in [-0.2, 0) is 6.18 Å². The molecule has 0 saturated carbocycles. The van der Waals surface area contributed by atoms with E-state index in [2.05, 4.69) is 25.4 Å². The highest BCUT2D eigenvalue weighted by molar-refractivity contribution is 5.68. The minimum absolute atomic E-state index is 0.0703. The summed E-state index contributed by atoms with van der Waals surface area (Å²) in [6.07, 6.45) is 1.06. The Bertz CT molecular complexity index is 1260. The van der Waals surface area contributed by atoms with E-state index >= 15 is 0 Å². The third-order valence-corrected chi connectivity index (χ3v) is 4.79. The molecule has 5 rings (SSSR count). The van der Waals surface area contributed by atoms with Crippen LogP contribution < -0.4 is 10.3 Å². The van der Waals surface area contributed by atoms with E-state index < -0.39 is 11.9 Å². The van der Waals surface area contributed by atoms with E-state index in [9.17, 15) is 13.2 Å². The Hall–Kier alpha value is -3.95. The van der Waals surface area contributed by atoms with Gasteiger partial charge in [-0.15, -0.1) is 0 Å². The summed E-state index contributed by atoms with van der Waals surface area (Å²) in [6, 6.07) is 13.9. The van der Waals surface area contributed by atoms with Crippen LogP contribution in [0.25, 0.3) is 17.2 Å². The fraction of sp³-hybridized carbons (Fsp3) is 0.143. The molecule has 0 radical (unpaired) electrons. The van der Waals surface area contributed by atoms with E-state index in [1.54, 1.807) is 18.2 Å². The molecule has 1 aromatic carbocycles. The molecule has 3 aromatic heterocycles. The number of hydrazone groups is 1. The first-order valence-corrected chi connectivity index (χ1v) is 9.54. The summed E-state index contributed by atoms with van der Waals surface area (Å²) in [4.78, 5) is 12.1. The lowest BCUT2D eigenvalue weighted by molar-refractivity contribution is -0.140. The first kappa shape index (κ1) is 19.0. The fourth-order valence-electron chi connectivity index (χ4n) is 3.40. The summed E-state index contributed by atoms with van der Waals surface area (Å²) in [7, 11) is 0. The molecule has 7 nitrogen and oxygen atoms in total. The second-order valence-corrected chi connectivity index (χ2v) is 6.88. The summed E-state index contributed by atoms with van der Waals surface area (Å²) >= 11 is 0. The van der Waals surface area contributed by atoms with Gasteiger partial charge in [0.05, 0.1) is 5.69 Å². The highest BCUT2D eigenvalue weighted by atomic mass is 19.4. The maximum atomic E-state index is 13.6. The SMILES string of the molecule is FC(F)(F)c1nc2ccccn2c1-c1nccc(Nc2ccc(N3CCC=N3)cc2)n1. The Morgan fingerprint density at radius 1 is 0.968 bits per heavy atom. The van der Waals surface area contributed by atoms with Crippen molar-refractivity contribution in [2.75, 3.05) is 16.9 Å². The van der Waals surface area contributed by atoms with Gasteiger partial charge in [0.15, 0.2) is 11.5 Å². The van der Waals surface area contributed by atoms with Crippen LogP contribution in [0.2, 0.25) is 0 Å². The molecule has 4 aromatic rings. The van der Waals surface area contributed by atoms with Gasteiger partial charge in [0.25, 0.3) is 0 Å². The molecule has 0 unspecified atom stereocenters. The zero-order chi connectivity index (χ0) is 21.4. The summed E-state index contributed by atoms with van der Waals surface area (Å²) in [5.74, 6) is 0.301. The van der Waals surface area contributed by atoms with E-state index in [1.807, 2.05) is 35.5 Å². The molecule has 1 N–H and O–H groups in total. The Morgan fingerprint density at radius 3 is 2.55 bits per heavy atom. The van der Waals surface area contributed by atoms with Crippen molar-refractivity contribution in [3.63, 3.8) is 0 Å². The minimum atomic E-state index is -4.64. The lowest BCUT2D eigenvalue weighted by Gasteiger charge is -2.14. The van der Waals surface area contributed by atoms with Gasteiger partial charge in [0.1, 0.15) is 17.2 Å². The fourth-order valence-corrected chi connectivity index (χ4v) is 3.40. The van der Waals surface area contributed by atoms with Gasteiger partial charge in [0, 0.05) is 37.3 Å². The zero-order valence-corrected chi connectivity index (χ0v) is 16.1. The predicted octanol–water partition coefficient (Wildman–Crippen LogP) is 4.75. The standard InChI is InChI=1S/C21H16F3N7/c22-21(23,24)19-18(30-12-2-1-4-17(30)29-19)20-25-11-9-16(28-20)27-14-5-7-15(8-6-14)31-13-3-10-26-31/h1-2,4-12H,3,13H2,(H,25,27,28). The maximum Gasteiger partial charge on any atom is 0.435 e. The average molecular weight is 423 g/mol. The number of imidazole rings is 1. The van der Waals surface area contributed by atoms with Gasteiger partial charge in [-0.2, -0.15) is 18.3 Å². The van der Waals surface area contributed by atoms with Crippen molar-refractivity contribution in [2.45, 2.75) is 12.6 Å². The quantitative estimate of drug-likeness (QED) is 0.513. The lowest BCUT2D eigenvalue weighted by atomic mass is 10.2. The van der Waals surface area contributed by atoms with Crippen molar-refractivity contribution in [3.05, 3.63) is 66.6 Å². The van der Waals surface area contributed by atoms with E-state index in [4.69, 9.17) is 0 Å². The highest BCUT2D eigenvalue weighted by Gasteiger charge is 2.39. The van der Waals surface area contributed by atoms with Crippen molar-refractivity contribution in [1.29, 1.82) is 0 Å². The van der Waals surface area contributed by atoms with Crippen molar-refractivity contribution in [2.24, 2.45) is 5.10 Å². The average Bonchev–Trinajstić information content (AvgIpc) is 3.42. The Kier molecular flexibility index (Phi) is 4.54. The van der Waals surface area contributed by atoms with Gasteiger partial charge in [-0.1, -0.05) is 6.07 Å². The van der Waals surface area contributed by atoms with Crippen LogP contribution in [0.1, 0.15) is 12.1 Å². The van der Waals surface area contributed by atoms with Crippen LogP contribution in [0.15, 0.2) is 66.0 Å². The molecule has 0 spiro atoms. The first-order chi connectivity index (χ1) is 15.0. The van der Waals surface area contributed by atoms with E-state index in [1.165, 1.54) is 22.9 Å². The van der Waals surface area contributed by atoms with Crippen molar-refractivity contribution in [1.82, 2.24) is 19.4 Å². The van der Waals surface area contributed by atoms with Gasteiger partial charge in [-0.25, -0.2) is 15.0 Å². The van der Waals surface area contributed by atoms with Crippen LogP contribution in [0, 0.1) is 0 Å². The van der Waals surface area contributed by atoms with Gasteiger partial charge in [-0.05, 0) is 42.5 Å². The summed E-state index contributed by atoms with van der Waals surface area (Å²) in [5, 5.41) is 9.29. The van der Waals surface area contributed by atoms with Gasteiger partial charge in [-0.3, -0.25) is 9.41 Å². The number of halogens is 3. The summed E-state index contributed by atoms with van der Waals surface area (Å²) < 4.78 is 42.2. The van der Waals surface area contributed by atoms with Gasteiger partial charge >= 0.3 is 6.18 Å². The van der Waals surface area contributed by atoms with Crippen molar-refractivity contribution >= 4 is 29.1 Å². The third-order valence-electron chi connectivity index (χ3n) is 4.79. The lowest BCUT2D eigenvalue weighted by Crippen LogP contribution is -2.11.